The number of nitrogens with zero attached hydrogens (tertiary/aromatic N) is 5. The monoisotopic (exact) mass is 374 g/mol. The first-order valence-electron chi connectivity index (χ1n) is 8.78. The van der Waals surface area contributed by atoms with E-state index in [2.05, 4.69) is 23.2 Å². The Kier molecular flexibility index (Phi) is 5.02. The second kappa shape index (κ2) is 7.42. The van der Waals surface area contributed by atoms with Gasteiger partial charge in [0.2, 0.25) is 0 Å². The lowest BCUT2D eigenvalue weighted by molar-refractivity contribution is 0.0999. The van der Waals surface area contributed by atoms with Crippen LogP contribution in [-0.4, -0.2) is 35.7 Å². The Bertz CT molecular complexity index is 963. The molecule has 2 N–H and O–H groups in total. The van der Waals surface area contributed by atoms with Crippen LogP contribution in [-0.2, 0) is 4.74 Å². The standard InChI is InChI=1S/C20H18N6O2/c1-2-28-19(27)26-8-5-14-15(9-21)18(24)20(11-22,12-23)17(16(14)10-26)13-3-6-25-7-4-13/h3-7,16-17H,2,8,10,24H2,1H3/t16-,17-/m1/s1. The van der Waals surface area contributed by atoms with Crippen molar-refractivity contribution in [3.63, 3.8) is 0 Å². The third kappa shape index (κ3) is 2.74. The Morgan fingerprint density at radius 2 is 2.04 bits per heavy atom. The lowest BCUT2D eigenvalue weighted by Gasteiger charge is -2.45. The number of carbonyl (C=O) groups excluding carboxylic acids is 1. The second-order valence-electron chi connectivity index (χ2n) is 6.56. The van der Waals surface area contributed by atoms with Crippen molar-refractivity contribution in [1.29, 1.82) is 15.8 Å². The van der Waals surface area contributed by atoms with Gasteiger partial charge in [-0.2, -0.15) is 15.8 Å². The van der Waals surface area contributed by atoms with Crippen LogP contribution in [0.1, 0.15) is 18.4 Å². The topological polar surface area (TPSA) is 140 Å². The van der Waals surface area contributed by atoms with E-state index in [0.717, 1.165) is 0 Å². The highest BCUT2D eigenvalue weighted by Gasteiger charge is 2.54. The van der Waals surface area contributed by atoms with Crippen molar-refractivity contribution in [2.24, 2.45) is 17.1 Å². The maximum atomic E-state index is 12.3. The van der Waals surface area contributed by atoms with E-state index >= 15 is 0 Å². The van der Waals surface area contributed by atoms with Gasteiger partial charge < -0.3 is 15.4 Å². The molecule has 2 atom stereocenters. The van der Waals surface area contributed by atoms with E-state index in [1.807, 2.05) is 0 Å². The smallest absolute Gasteiger partial charge is 0.410 e. The van der Waals surface area contributed by atoms with Crippen molar-refractivity contribution < 1.29 is 9.53 Å². The summed E-state index contributed by atoms with van der Waals surface area (Å²) in [6, 6.07) is 9.61. The van der Waals surface area contributed by atoms with Gasteiger partial charge in [0, 0.05) is 37.3 Å². The summed E-state index contributed by atoms with van der Waals surface area (Å²) in [6.07, 6.45) is 4.42. The van der Waals surface area contributed by atoms with Gasteiger partial charge in [0.25, 0.3) is 0 Å². The van der Waals surface area contributed by atoms with Gasteiger partial charge >= 0.3 is 6.09 Å². The molecule has 0 saturated heterocycles. The Labute approximate surface area is 162 Å². The van der Waals surface area contributed by atoms with E-state index in [4.69, 9.17) is 10.5 Å². The summed E-state index contributed by atoms with van der Waals surface area (Å²) in [5.41, 5.74) is 5.93. The van der Waals surface area contributed by atoms with Gasteiger partial charge in [0.15, 0.2) is 5.41 Å². The number of carbonyl (C=O) groups is 1. The molecule has 2 aliphatic rings. The maximum Gasteiger partial charge on any atom is 0.410 e. The number of allylic oxidation sites excluding steroid dienone is 2. The number of hydrogen-bond acceptors (Lipinski definition) is 7. The molecule has 3 rings (SSSR count). The molecule has 1 aliphatic heterocycles. The summed E-state index contributed by atoms with van der Waals surface area (Å²) in [4.78, 5) is 17.8. The predicted molar refractivity (Wildman–Crippen MR) is 97.6 cm³/mol. The molecular weight excluding hydrogens is 356 g/mol. The van der Waals surface area contributed by atoms with Crippen LogP contribution < -0.4 is 5.73 Å². The first kappa shape index (κ1) is 18.9. The molecule has 0 radical (unpaired) electrons. The largest absolute Gasteiger partial charge is 0.450 e. The molecule has 1 aliphatic carbocycles. The summed E-state index contributed by atoms with van der Waals surface area (Å²) in [5, 5.41) is 29.6. The zero-order valence-corrected chi connectivity index (χ0v) is 15.3. The quantitative estimate of drug-likeness (QED) is 0.834. The molecule has 2 heterocycles. The minimum Gasteiger partial charge on any atom is -0.450 e. The molecule has 0 saturated carbocycles. The van der Waals surface area contributed by atoms with Gasteiger partial charge in [0.1, 0.15) is 6.07 Å². The van der Waals surface area contributed by atoms with Crippen LogP contribution in [0.4, 0.5) is 4.79 Å². The molecule has 1 aromatic rings. The fraction of sp³-hybridized carbons (Fsp3) is 0.350. The highest BCUT2D eigenvalue weighted by molar-refractivity contribution is 5.69. The van der Waals surface area contributed by atoms with Crippen LogP contribution in [0.15, 0.2) is 47.4 Å². The number of hydrogen-bond donors (Lipinski definition) is 1. The van der Waals surface area contributed by atoms with Gasteiger partial charge in [-0.25, -0.2) is 4.79 Å². The zero-order chi connectivity index (χ0) is 20.3. The number of fused-ring (bicyclic) bond motifs is 1. The Morgan fingerprint density at radius 1 is 1.36 bits per heavy atom. The molecule has 140 valence electrons. The Balaban J connectivity index is 2.22. The lowest BCUT2D eigenvalue weighted by atomic mass is 9.58. The van der Waals surface area contributed by atoms with Crippen molar-refractivity contribution in [1.82, 2.24) is 9.88 Å². The predicted octanol–water partition coefficient (Wildman–Crippen LogP) is 1.96. The van der Waals surface area contributed by atoms with Gasteiger partial charge in [-0.15, -0.1) is 0 Å². The van der Waals surface area contributed by atoms with Crippen LogP contribution in [0.3, 0.4) is 0 Å². The van der Waals surface area contributed by atoms with Gasteiger partial charge in [-0.3, -0.25) is 4.98 Å². The van der Waals surface area contributed by atoms with E-state index in [9.17, 15) is 20.6 Å². The Morgan fingerprint density at radius 3 is 2.61 bits per heavy atom. The van der Waals surface area contributed by atoms with Crippen molar-refractivity contribution in [3.05, 3.63) is 53.0 Å². The van der Waals surface area contributed by atoms with E-state index in [0.29, 0.717) is 11.1 Å². The molecule has 1 amide bonds. The van der Waals surface area contributed by atoms with Gasteiger partial charge in [-0.1, -0.05) is 6.08 Å². The zero-order valence-electron chi connectivity index (χ0n) is 15.3. The number of ether oxygens (including phenoxy) is 1. The molecule has 0 fully saturated rings. The van der Waals surface area contributed by atoms with Crippen molar-refractivity contribution in [3.8, 4) is 18.2 Å². The van der Waals surface area contributed by atoms with E-state index in [1.165, 1.54) is 4.90 Å². The van der Waals surface area contributed by atoms with E-state index in [-0.39, 0.29) is 31.0 Å². The third-order valence-corrected chi connectivity index (χ3v) is 5.26. The fourth-order valence-corrected chi connectivity index (χ4v) is 3.99. The number of amides is 1. The average molecular weight is 374 g/mol. The summed E-state index contributed by atoms with van der Waals surface area (Å²) in [7, 11) is 0. The average Bonchev–Trinajstić information content (AvgIpc) is 2.73. The highest BCUT2D eigenvalue weighted by atomic mass is 16.6. The van der Waals surface area contributed by atoms with E-state index in [1.54, 1.807) is 37.5 Å². The first-order chi connectivity index (χ1) is 13.5. The van der Waals surface area contributed by atoms with Crippen molar-refractivity contribution >= 4 is 6.09 Å². The van der Waals surface area contributed by atoms with Gasteiger partial charge in [-0.05, 0) is 30.2 Å². The summed E-state index contributed by atoms with van der Waals surface area (Å²) in [5.74, 6) is -1.12. The van der Waals surface area contributed by atoms with Crippen LogP contribution in [0.2, 0.25) is 0 Å². The highest BCUT2D eigenvalue weighted by Crippen LogP contribution is 2.54. The number of nitrogens with two attached hydrogens (primary N) is 1. The molecule has 0 unspecified atom stereocenters. The minimum atomic E-state index is -1.73. The van der Waals surface area contributed by atoms with Crippen LogP contribution in [0.5, 0.6) is 0 Å². The fourth-order valence-electron chi connectivity index (χ4n) is 3.99. The van der Waals surface area contributed by atoms with E-state index < -0.39 is 23.3 Å². The number of pyridine rings is 1. The molecule has 1 aromatic heterocycles. The minimum absolute atomic E-state index is 0.0473. The Hall–Kier alpha value is -3.83. The molecular formula is C20H18N6O2. The van der Waals surface area contributed by atoms with Crippen LogP contribution in [0, 0.1) is 45.3 Å². The second-order valence-corrected chi connectivity index (χ2v) is 6.56. The lowest BCUT2D eigenvalue weighted by Crippen LogP contribution is -2.49. The third-order valence-electron chi connectivity index (χ3n) is 5.26. The number of aromatic nitrogens is 1. The SMILES string of the molecule is CCOC(=O)N1CC=C2C(C#N)=C(N)C(C#N)(C#N)[C@H](c3ccncc3)[C@@H]2C1. The number of nitriles is 3. The summed E-state index contributed by atoms with van der Waals surface area (Å²) in [6.45, 7) is 2.43. The van der Waals surface area contributed by atoms with Crippen molar-refractivity contribution in [2.75, 3.05) is 19.7 Å². The number of rotatable bonds is 2. The van der Waals surface area contributed by atoms with Gasteiger partial charge in [0.05, 0.1) is 30.0 Å². The molecule has 28 heavy (non-hydrogen) atoms. The molecule has 0 spiro atoms. The van der Waals surface area contributed by atoms with Crippen molar-refractivity contribution in [2.45, 2.75) is 12.8 Å². The van der Waals surface area contributed by atoms with Crippen LogP contribution in [0.25, 0.3) is 0 Å². The molecule has 8 nitrogen and oxygen atoms in total. The molecule has 0 aromatic carbocycles. The maximum absolute atomic E-state index is 12.3. The molecule has 8 heteroatoms. The molecule has 0 bridgehead atoms. The normalized spacial score (nSPS) is 22.8. The summed E-state index contributed by atoms with van der Waals surface area (Å²) >= 11 is 0. The summed E-state index contributed by atoms with van der Waals surface area (Å²) < 4.78 is 5.10. The first-order valence-corrected chi connectivity index (χ1v) is 8.78. The van der Waals surface area contributed by atoms with Crippen LogP contribution >= 0.6 is 0 Å².